The van der Waals surface area contributed by atoms with E-state index in [1.54, 1.807) is 6.08 Å². The Bertz CT molecular complexity index is 508. The van der Waals surface area contributed by atoms with Crippen LogP contribution in [0.1, 0.15) is 11.1 Å². The first kappa shape index (κ1) is 13.9. The van der Waals surface area contributed by atoms with Crippen molar-refractivity contribution < 1.29 is 9.53 Å². The molecule has 0 saturated carbocycles. The van der Waals surface area contributed by atoms with Gasteiger partial charge in [-0.1, -0.05) is 11.6 Å². The van der Waals surface area contributed by atoms with Gasteiger partial charge in [0.1, 0.15) is 0 Å². The van der Waals surface area contributed by atoms with Crippen molar-refractivity contribution in [2.24, 2.45) is 5.73 Å². The Kier molecular flexibility index (Phi) is 4.45. The van der Waals surface area contributed by atoms with Crippen LogP contribution in [0.2, 0.25) is 5.02 Å². The summed E-state index contributed by atoms with van der Waals surface area (Å²) in [6.07, 6.45) is 2.95. The molecule has 5 heteroatoms. The highest BCUT2D eigenvalue weighted by Gasteiger charge is 2.14. The smallest absolute Gasteiger partial charge is 0.241 e. The molecule has 2 rings (SSSR count). The fourth-order valence-corrected chi connectivity index (χ4v) is 2.36. The minimum atomic E-state index is -0.481. The lowest BCUT2D eigenvalue weighted by molar-refractivity contribution is -0.113. The topological polar surface area (TPSA) is 55.6 Å². The van der Waals surface area contributed by atoms with E-state index in [9.17, 15) is 4.79 Å². The number of carbonyl (C=O) groups excluding carboxylic acids is 1. The van der Waals surface area contributed by atoms with E-state index >= 15 is 0 Å². The molecule has 1 amide bonds. The largest absolute Gasteiger partial charge is 0.378 e. The van der Waals surface area contributed by atoms with Gasteiger partial charge >= 0.3 is 0 Å². The fraction of sp³-hybridized carbons (Fsp3) is 0.357. The second kappa shape index (κ2) is 6.08. The number of hydrogen-bond donors (Lipinski definition) is 1. The Hall–Kier alpha value is -1.52. The Balaban J connectivity index is 2.28. The van der Waals surface area contributed by atoms with Crippen molar-refractivity contribution in [3.05, 3.63) is 34.4 Å². The third kappa shape index (κ3) is 3.49. The van der Waals surface area contributed by atoms with Crippen molar-refractivity contribution in [1.82, 2.24) is 0 Å². The van der Waals surface area contributed by atoms with Crippen molar-refractivity contribution in [1.29, 1.82) is 0 Å². The van der Waals surface area contributed by atoms with Crippen LogP contribution in [0.4, 0.5) is 5.69 Å². The maximum Gasteiger partial charge on any atom is 0.241 e. The predicted molar refractivity (Wildman–Crippen MR) is 77.4 cm³/mol. The summed E-state index contributed by atoms with van der Waals surface area (Å²) >= 11 is 6.24. The van der Waals surface area contributed by atoms with Crippen LogP contribution in [0, 0.1) is 6.92 Å². The third-order valence-electron chi connectivity index (χ3n) is 3.09. The molecule has 1 heterocycles. The Morgan fingerprint density at radius 2 is 2.11 bits per heavy atom. The van der Waals surface area contributed by atoms with Crippen LogP contribution >= 0.6 is 11.6 Å². The highest BCUT2D eigenvalue weighted by molar-refractivity contribution is 6.32. The average molecular weight is 281 g/mol. The second-order valence-corrected chi connectivity index (χ2v) is 4.90. The number of anilines is 1. The summed E-state index contributed by atoms with van der Waals surface area (Å²) in [5.74, 6) is -0.481. The quantitative estimate of drug-likeness (QED) is 0.862. The number of hydrogen-bond acceptors (Lipinski definition) is 3. The van der Waals surface area contributed by atoms with Gasteiger partial charge in [0, 0.05) is 29.9 Å². The van der Waals surface area contributed by atoms with Gasteiger partial charge in [0.25, 0.3) is 0 Å². The summed E-state index contributed by atoms with van der Waals surface area (Å²) in [6.45, 7) is 5.24. The molecule has 1 aliphatic rings. The van der Waals surface area contributed by atoms with Crippen molar-refractivity contribution in [3.63, 3.8) is 0 Å². The van der Waals surface area contributed by atoms with Crippen molar-refractivity contribution in [3.8, 4) is 0 Å². The summed E-state index contributed by atoms with van der Waals surface area (Å²) in [5.41, 5.74) is 8.12. The summed E-state index contributed by atoms with van der Waals surface area (Å²) < 4.78 is 5.34. The van der Waals surface area contributed by atoms with Crippen LogP contribution in [-0.2, 0) is 9.53 Å². The molecule has 0 aliphatic carbocycles. The van der Waals surface area contributed by atoms with Gasteiger partial charge < -0.3 is 15.4 Å². The first-order chi connectivity index (χ1) is 9.08. The Labute approximate surface area is 117 Å². The van der Waals surface area contributed by atoms with Crippen molar-refractivity contribution in [2.45, 2.75) is 6.92 Å². The molecule has 19 heavy (non-hydrogen) atoms. The molecule has 0 atom stereocenters. The van der Waals surface area contributed by atoms with E-state index < -0.39 is 5.91 Å². The molecule has 0 radical (unpaired) electrons. The van der Waals surface area contributed by atoms with Crippen LogP contribution in [0.3, 0.4) is 0 Å². The van der Waals surface area contributed by atoms with E-state index in [1.807, 2.05) is 19.1 Å². The molecule has 1 fully saturated rings. The van der Waals surface area contributed by atoms with Gasteiger partial charge in [0.15, 0.2) is 0 Å². The molecular weight excluding hydrogens is 264 g/mol. The first-order valence-corrected chi connectivity index (χ1v) is 6.56. The fourth-order valence-electron chi connectivity index (χ4n) is 2.14. The van der Waals surface area contributed by atoms with Crippen molar-refractivity contribution in [2.75, 3.05) is 31.2 Å². The van der Waals surface area contributed by atoms with E-state index in [4.69, 9.17) is 22.1 Å². The van der Waals surface area contributed by atoms with Crippen LogP contribution in [-0.4, -0.2) is 32.2 Å². The number of ether oxygens (including phenoxy) is 1. The summed E-state index contributed by atoms with van der Waals surface area (Å²) in [5, 5.41) is 0.615. The van der Waals surface area contributed by atoms with E-state index in [-0.39, 0.29) is 0 Å². The number of aryl methyl sites for hydroxylation is 1. The molecule has 1 aromatic rings. The standard InChI is InChI=1S/C14H17ClN2O2/c1-10-8-11(2-3-14(16)18)12(15)9-13(10)17-4-6-19-7-5-17/h2-3,8-9H,4-7H2,1H3,(H2,16,18)/b3-2+. The highest BCUT2D eigenvalue weighted by atomic mass is 35.5. The lowest BCUT2D eigenvalue weighted by atomic mass is 10.1. The molecule has 0 aromatic heterocycles. The second-order valence-electron chi connectivity index (χ2n) is 4.50. The van der Waals surface area contributed by atoms with Gasteiger partial charge in [0.2, 0.25) is 5.91 Å². The molecule has 1 aromatic carbocycles. The van der Waals surface area contributed by atoms with Gasteiger partial charge in [-0.25, -0.2) is 0 Å². The van der Waals surface area contributed by atoms with E-state index in [0.717, 1.165) is 43.1 Å². The molecule has 1 saturated heterocycles. The highest BCUT2D eigenvalue weighted by Crippen LogP contribution is 2.29. The number of nitrogens with two attached hydrogens (primary N) is 1. The molecule has 0 unspecified atom stereocenters. The molecule has 0 spiro atoms. The zero-order valence-electron chi connectivity index (χ0n) is 10.9. The zero-order chi connectivity index (χ0) is 13.8. The Morgan fingerprint density at radius 3 is 2.74 bits per heavy atom. The van der Waals surface area contributed by atoms with Crippen molar-refractivity contribution >= 4 is 29.3 Å². The minimum absolute atomic E-state index is 0.481. The van der Waals surface area contributed by atoms with E-state index in [2.05, 4.69) is 4.90 Å². The Morgan fingerprint density at radius 1 is 1.42 bits per heavy atom. The van der Waals surface area contributed by atoms with Gasteiger partial charge in [-0.15, -0.1) is 0 Å². The maximum absolute atomic E-state index is 10.8. The molecule has 2 N–H and O–H groups in total. The number of carbonyl (C=O) groups is 1. The predicted octanol–water partition coefficient (Wildman–Crippen LogP) is 1.98. The van der Waals surface area contributed by atoms with E-state index in [1.165, 1.54) is 6.08 Å². The molecule has 4 nitrogen and oxygen atoms in total. The zero-order valence-corrected chi connectivity index (χ0v) is 11.6. The first-order valence-electron chi connectivity index (χ1n) is 6.18. The molecule has 102 valence electrons. The number of benzene rings is 1. The van der Waals surface area contributed by atoms with Crippen LogP contribution in [0.15, 0.2) is 18.2 Å². The number of rotatable bonds is 3. The minimum Gasteiger partial charge on any atom is -0.378 e. The number of amides is 1. The molecule has 1 aliphatic heterocycles. The number of nitrogens with zero attached hydrogens (tertiary/aromatic N) is 1. The van der Waals surface area contributed by atoms with Crippen LogP contribution < -0.4 is 10.6 Å². The van der Waals surface area contributed by atoms with Gasteiger partial charge in [-0.2, -0.15) is 0 Å². The average Bonchev–Trinajstić information content (AvgIpc) is 2.40. The lowest BCUT2D eigenvalue weighted by Gasteiger charge is -2.30. The number of morpholine rings is 1. The van der Waals surface area contributed by atoms with Crippen LogP contribution in [0.5, 0.6) is 0 Å². The normalized spacial score (nSPS) is 16.0. The van der Waals surface area contributed by atoms with Crippen LogP contribution in [0.25, 0.3) is 6.08 Å². The summed E-state index contributed by atoms with van der Waals surface area (Å²) in [6, 6.07) is 3.90. The monoisotopic (exact) mass is 280 g/mol. The molecule has 0 bridgehead atoms. The SMILES string of the molecule is Cc1cc(/C=C/C(N)=O)c(Cl)cc1N1CCOCC1. The number of halogens is 1. The van der Waals surface area contributed by atoms with Gasteiger partial charge in [0.05, 0.1) is 13.2 Å². The van der Waals surface area contributed by atoms with Gasteiger partial charge in [-0.05, 0) is 36.3 Å². The summed E-state index contributed by atoms with van der Waals surface area (Å²) in [7, 11) is 0. The molecular formula is C14H17ClN2O2. The number of primary amides is 1. The third-order valence-corrected chi connectivity index (χ3v) is 3.42. The van der Waals surface area contributed by atoms with E-state index in [0.29, 0.717) is 5.02 Å². The lowest BCUT2D eigenvalue weighted by Crippen LogP contribution is -2.36. The van der Waals surface area contributed by atoms with Gasteiger partial charge in [-0.3, -0.25) is 4.79 Å². The summed E-state index contributed by atoms with van der Waals surface area (Å²) in [4.78, 5) is 13.0. The maximum atomic E-state index is 10.8.